The van der Waals surface area contributed by atoms with Crippen LogP contribution in [0.5, 0.6) is 0 Å². The number of aromatic nitrogens is 3. The first-order valence-electron chi connectivity index (χ1n) is 6.30. The number of pyridine rings is 1. The lowest BCUT2D eigenvalue weighted by molar-refractivity contribution is 0.103. The van der Waals surface area contributed by atoms with E-state index in [2.05, 4.69) is 20.3 Å². The van der Waals surface area contributed by atoms with Crippen LogP contribution in [-0.4, -0.2) is 27.8 Å². The number of thiazole rings is 1. The van der Waals surface area contributed by atoms with Crippen LogP contribution in [-0.2, 0) is 0 Å². The number of rotatable bonds is 4. The molecule has 1 atom stereocenters. The van der Waals surface area contributed by atoms with Crippen molar-refractivity contribution < 1.29 is 4.79 Å². The molecule has 0 saturated carbocycles. The van der Waals surface area contributed by atoms with Crippen molar-refractivity contribution in [1.29, 1.82) is 0 Å². The van der Waals surface area contributed by atoms with Gasteiger partial charge >= 0.3 is 0 Å². The fourth-order valence-corrected chi connectivity index (χ4v) is 2.84. The van der Waals surface area contributed by atoms with Crippen LogP contribution >= 0.6 is 11.3 Å². The molecule has 0 saturated heterocycles. The van der Waals surface area contributed by atoms with Crippen LogP contribution in [0.3, 0.4) is 0 Å². The van der Waals surface area contributed by atoms with Crippen molar-refractivity contribution in [2.24, 2.45) is 0 Å². The molecule has 0 amide bonds. The average molecular weight is 286 g/mol. The second-order valence-electron chi connectivity index (χ2n) is 4.52. The molecule has 0 aliphatic carbocycles. The fourth-order valence-electron chi connectivity index (χ4n) is 1.98. The van der Waals surface area contributed by atoms with Crippen molar-refractivity contribution in [1.82, 2.24) is 20.3 Å². The van der Waals surface area contributed by atoms with Crippen LogP contribution in [0.2, 0.25) is 0 Å². The highest BCUT2D eigenvalue weighted by Crippen LogP contribution is 2.22. The molecule has 0 aliphatic rings. The van der Waals surface area contributed by atoms with Crippen LogP contribution in [0, 0.1) is 0 Å². The Hall–Kier alpha value is -2.05. The number of carbonyl (C=O) groups excluding carboxylic acids is 1. The van der Waals surface area contributed by atoms with Gasteiger partial charge in [0.2, 0.25) is 5.78 Å². The zero-order chi connectivity index (χ0) is 14.1. The molecule has 0 fully saturated rings. The Morgan fingerprint density at radius 3 is 3.15 bits per heavy atom. The SMILES string of the molecule is CNC(C)c1csc(C(=O)c2c[nH]c3cccnc23)n1. The number of fused-ring (bicyclic) bond motifs is 1. The summed E-state index contributed by atoms with van der Waals surface area (Å²) in [5.41, 5.74) is 3.00. The quantitative estimate of drug-likeness (QED) is 0.723. The molecule has 3 aromatic heterocycles. The Balaban J connectivity index is 1.98. The van der Waals surface area contributed by atoms with Gasteiger partial charge in [0, 0.05) is 23.8 Å². The summed E-state index contributed by atoms with van der Waals surface area (Å²) in [6, 6.07) is 3.87. The number of H-pyrrole nitrogens is 1. The third-order valence-corrected chi connectivity index (χ3v) is 4.13. The minimum absolute atomic E-state index is 0.0884. The summed E-state index contributed by atoms with van der Waals surface area (Å²) in [6.07, 6.45) is 3.38. The lowest BCUT2D eigenvalue weighted by atomic mass is 10.2. The van der Waals surface area contributed by atoms with Gasteiger partial charge in [-0.1, -0.05) is 0 Å². The van der Waals surface area contributed by atoms with Gasteiger partial charge in [0.25, 0.3) is 0 Å². The minimum Gasteiger partial charge on any atom is -0.359 e. The van der Waals surface area contributed by atoms with E-state index in [0.717, 1.165) is 11.2 Å². The van der Waals surface area contributed by atoms with Crippen molar-refractivity contribution in [2.75, 3.05) is 7.05 Å². The molecule has 102 valence electrons. The van der Waals surface area contributed by atoms with Gasteiger partial charge in [-0.05, 0) is 26.1 Å². The van der Waals surface area contributed by atoms with Crippen molar-refractivity contribution in [2.45, 2.75) is 13.0 Å². The van der Waals surface area contributed by atoms with Gasteiger partial charge in [0.1, 0.15) is 0 Å². The van der Waals surface area contributed by atoms with Crippen molar-refractivity contribution in [3.8, 4) is 0 Å². The topological polar surface area (TPSA) is 70.7 Å². The normalized spacial score (nSPS) is 12.7. The van der Waals surface area contributed by atoms with Crippen LogP contribution in [0.25, 0.3) is 11.0 Å². The highest BCUT2D eigenvalue weighted by Gasteiger charge is 2.19. The van der Waals surface area contributed by atoms with Gasteiger partial charge in [-0.2, -0.15) is 0 Å². The number of aromatic amines is 1. The van der Waals surface area contributed by atoms with Gasteiger partial charge in [-0.25, -0.2) is 4.98 Å². The summed E-state index contributed by atoms with van der Waals surface area (Å²) >= 11 is 1.37. The number of carbonyl (C=O) groups is 1. The summed E-state index contributed by atoms with van der Waals surface area (Å²) in [5, 5.41) is 5.52. The second-order valence-corrected chi connectivity index (χ2v) is 5.38. The summed E-state index contributed by atoms with van der Waals surface area (Å²) in [6.45, 7) is 2.01. The monoisotopic (exact) mass is 286 g/mol. The summed E-state index contributed by atoms with van der Waals surface area (Å²) in [7, 11) is 1.87. The van der Waals surface area contributed by atoms with E-state index in [0.29, 0.717) is 16.1 Å². The zero-order valence-electron chi connectivity index (χ0n) is 11.2. The van der Waals surface area contributed by atoms with Crippen LogP contribution < -0.4 is 5.32 Å². The first-order valence-corrected chi connectivity index (χ1v) is 7.18. The number of hydrogen-bond donors (Lipinski definition) is 2. The highest BCUT2D eigenvalue weighted by molar-refractivity contribution is 7.12. The predicted molar refractivity (Wildman–Crippen MR) is 79.1 cm³/mol. The van der Waals surface area contributed by atoms with Gasteiger partial charge in [-0.15, -0.1) is 11.3 Å². The molecule has 2 N–H and O–H groups in total. The molecule has 3 rings (SSSR count). The molecule has 0 aromatic carbocycles. The highest BCUT2D eigenvalue weighted by atomic mass is 32.1. The molecule has 20 heavy (non-hydrogen) atoms. The first kappa shape index (κ1) is 13.0. The molecule has 0 bridgehead atoms. The Morgan fingerprint density at radius 1 is 1.50 bits per heavy atom. The third-order valence-electron chi connectivity index (χ3n) is 3.27. The van der Waals surface area contributed by atoms with E-state index < -0.39 is 0 Å². The second kappa shape index (κ2) is 5.15. The Bertz CT molecular complexity index is 761. The maximum absolute atomic E-state index is 12.5. The average Bonchev–Trinajstić information content (AvgIpc) is 3.12. The van der Waals surface area contributed by atoms with E-state index in [4.69, 9.17) is 0 Å². The van der Waals surface area contributed by atoms with Crippen molar-refractivity contribution in [3.05, 3.63) is 46.2 Å². The summed E-state index contributed by atoms with van der Waals surface area (Å²) in [5.74, 6) is -0.0884. The van der Waals surface area contributed by atoms with Gasteiger partial charge in [0.15, 0.2) is 5.01 Å². The van der Waals surface area contributed by atoms with E-state index in [-0.39, 0.29) is 11.8 Å². The third kappa shape index (κ3) is 2.13. The molecular weight excluding hydrogens is 272 g/mol. The molecule has 0 aliphatic heterocycles. The first-order chi connectivity index (χ1) is 9.70. The molecule has 0 radical (unpaired) electrons. The summed E-state index contributed by atoms with van der Waals surface area (Å²) < 4.78 is 0. The van der Waals surface area contributed by atoms with Gasteiger partial charge in [0.05, 0.1) is 22.3 Å². The molecule has 0 spiro atoms. The molecule has 6 heteroatoms. The molecule has 5 nitrogen and oxygen atoms in total. The van der Waals surface area contributed by atoms with Crippen molar-refractivity contribution >= 4 is 28.2 Å². The predicted octanol–water partition coefficient (Wildman–Crippen LogP) is 2.53. The minimum atomic E-state index is -0.0884. The molecular formula is C14H14N4OS. The Kier molecular flexibility index (Phi) is 3.33. The smallest absolute Gasteiger partial charge is 0.225 e. The van der Waals surface area contributed by atoms with E-state index >= 15 is 0 Å². The van der Waals surface area contributed by atoms with Crippen molar-refractivity contribution in [3.63, 3.8) is 0 Å². The van der Waals surface area contributed by atoms with E-state index in [1.165, 1.54) is 11.3 Å². The Labute approximate surface area is 120 Å². The standard InChI is InChI=1S/C14H14N4OS/c1-8(15-2)11-7-20-14(18-11)13(19)9-6-17-10-4-3-5-16-12(9)10/h3-8,15,17H,1-2H3. The number of hydrogen-bond acceptors (Lipinski definition) is 5. The van der Waals surface area contributed by atoms with Crippen LogP contribution in [0.4, 0.5) is 0 Å². The molecule has 1 unspecified atom stereocenters. The lowest BCUT2D eigenvalue weighted by Crippen LogP contribution is -2.13. The number of nitrogens with one attached hydrogen (secondary N) is 2. The maximum atomic E-state index is 12.5. The number of nitrogens with zero attached hydrogens (tertiary/aromatic N) is 2. The molecule has 3 heterocycles. The van der Waals surface area contributed by atoms with Gasteiger partial charge < -0.3 is 10.3 Å². The van der Waals surface area contributed by atoms with E-state index in [1.54, 1.807) is 12.4 Å². The van der Waals surface area contributed by atoms with E-state index in [9.17, 15) is 4.79 Å². The van der Waals surface area contributed by atoms with E-state index in [1.807, 2.05) is 31.5 Å². The van der Waals surface area contributed by atoms with Crippen LogP contribution in [0.15, 0.2) is 29.9 Å². The lowest BCUT2D eigenvalue weighted by Gasteiger charge is -2.04. The number of ketones is 1. The van der Waals surface area contributed by atoms with Crippen LogP contribution in [0.1, 0.15) is 34.0 Å². The largest absolute Gasteiger partial charge is 0.359 e. The summed E-state index contributed by atoms with van der Waals surface area (Å²) in [4.78, 5) is 24.2. The zero-order valence-corrected chi connectivity index (χ0v) is 12.0. The fraction of sp³-hybridized carbons (Fsp3) is 0.214. The maximum Gasteiger partial charge on any atom is 0.225 e. The van der Waals surface area contributed by atoms with Gasteiger partial charge in [-0.3, -0.25) is 9.78 Å². The Morgan fingerprint density at radius 2 is 2.35 bits per heavy atom. The molecule has 3 aromatic rings.